The number of hydrogen-bond donors (Lipinski definition) is 2. The van der Waals surface area contributed by atoms with Crippen molar-refractivity contribution in [1.82, 2.24) is 24.9 Å². The van der Waals surface area contributed by atoms with E-state index in [4.69, 9.17) is 10.7 Å². The van der Waals surface area contributed by atoms with Crippen molar-refractivity contribution in [2.24, 2.45) is 0 Å². The molecule has 3 N–H and O–H groups in total. The molecule has 33 heavy (non-hydrogen) atoms. The summed E-state index contributed by atoms with van der Waals surface area (Å²) >= 11 is 0. The first kappa shape index (κ1) is 21.2. The van der Waals surface area contributed by atoms with Crippen LogP contribution in [0.1, 0.15) is 50.3 Å². The second kappa shape index (κ2) is 9.06. The molecule has 4 aromatic rings. The lowest BCUT2D eigenvalue weighted by Gasteiger charge is -2.16. The van der Waals surface area contributed by atoms with E-state index in [9.17, 15) is 0 Å². The van der Waals surface area contributed by atoms with E-state index in [1.807, 2.05) is 55.9 Å². The Balaban J connectivity index is 1.50. The average molecular weight is 439 g/mol. The molecule has 168 valence electrons. The lowest BCUT2D eigenvalue weighted by molar-refractivity contribution is 0.580. The number of anilines is 1. The number of hydrogen-bond acceptors (Lipinski definition) is 5. The van der Waals surface area contributed by atoms with Crippen LogP contribution in [0.3, 0.4) is 0 Å². The van der Waals surface area contributed by atoms with Gasteiger partial charge in [-0.15, -0.1) is 0 Å². The van der Waals surface area contributed by atoms with Crippen molar-refractivity contribution >= 4 is 11.5 Å². The zero-order chi connectivity index (χ0) is 22.8. The highest BCUT2D eigenvalue weighted by atomic mass is 15.3. The first-order valence-corrected chi connectivity index (χ1v) is 11.7. The summed E-state index contributed by atoms with van der Waals surface area (Å²) < 4.78 is 1.80. The number of aryl methyl sites for hydroxylation is 1. The molecule has 0 radical (unpaired) electrons. The Morgan fingerprint density at radius 3 is 2.64 bits per heavy atom. The minimum atomic E-state index is 0.367. The number of nitrogens with two attached hydrogens (primary N) is 1. The van der Waals surface area contributed by atoms with E-state index < -0.39 is 0 Å². The highest BCUT2D eigenvalue weighted by Gasteiger charge is 2.31. The van der Waals surface area contributed by atoms with Crippen LogP contribution in [0.2, 0.25) is 0 Å². The molecular formula is C27H30N6. The molecule has 1 fully saturated rings. The minimum absolute atomic E-state index is 0.367. The zero-order valence-electron chi connectivity index (χ0n) is 19.2. The number of nitrogen functional groups attached to an aromatic ring is 1. The van der Waals surface area contributed by atoms with Gasteiger partial charge in [-0.05, 0) is 57.7 Å². The van der Waals surface area contributed by atoms with Crippen molar-refractivity contribution < 1.29 is 0 Å². The maximum absolute atomic E-state index is 6.66. The molecule has 1 saturated carbocycles. The second-order valence-corrected chi connectivity index (χ2v) is 8.83. The molecule has 0 amide bonds. The SMILES string of the molecule is C/C=C\N[C@H](C)CCc1nc2c(-c3ccc(-c4ccccc4)nc3)cnn2c(N)c1C1CC1. The molecule has 1 aromatic carbocycles. The fraction of sp³-hybridized carbons (Fsp3) is 0.296. The van der Waals surface area contributed by atoms with Crippen LogP contribution < -0.4 is 11.1 Å². The van der Waals surface area contributed by atoms with E-state index in [0.29, 0.717) is 12.0 Å². The van der Waals surface area contributed by atoms with Crippen molar-refractivity contribution in [3.8, 4) is 22.4 Å². The zero-order valence-corrected chi connectivity index (χ0v) is 19.2. The number of nitrogens with zero attached hydrogens (tertiary/aromatic N) is 4. The second-order valence-electron chi connectivity index (χ2n) is 8.83. The van der Waals surface area contributed by atoms with E-state index in [-0.39, 0.29) is 0 Å². The highest BCUT2D eigenvalue weighted by Crippen LogP contribution is 2.45. The summed E-state index contributed by atoms with van der Waals surface area (Å²) in [6, 6.07) is 14.7. The molecular weight excluding hydrogens is 408 g/mol. The molecule has 1 aliphatic rings. The van der Waals surface area contributed by atoms with Gasteiger partial charge in [-0.25, -0.2) is 4.98 Å². The fourth-order valence-corrected chi connectivity index (χ4v) is 4.32. The van der Waals surface area contributed by atoms with Crippen molar-refractivity contribution in [1.29, 1.82) is 0 Å². The van der Waals surface area contributed by atoms with Gasteiger partial charge in [0, 0.05) is 34.5 Å². The Morgan fingerprint density at radius 2 is 1.94 bits per heavy atom. The van der Waals surface area contributed by atoms with Crippen LogP contribution in [0.15, 0.2) is 67.1 Å². The molecule has 0 saturated heterocycles. The monoisotopic (exact) mass is 438 g/mol. The van der Waals surface area contributed by atoms with Gasteiger partial charge < -0.3 is 11.1 Å². The average Bonchev–Trinajstić information content (AvgIpc) is 3.60. The molecule has 6 heteroatoms. The molecule has 1 atom stereocenters. The molecule has 0 aliphatic heterocycles. The van der Waals surface area contributed by atoms with Gasteiger partial charge in [-0.2, -0.15) is 9.61 Å². The van der Waals surface area contributed by atoms with Gasteiger partial charge in [0.05, 0.1) is 17.6 Å². The van der Waals surface area contributed by atoms with Gasteiger partial charge in [0.1, 0.15) is 5.82 Å². The Morgan fingerprint density at radius 1 is 1.12 bits per heavy atom. The van der Waals surface area contributed by atoms with Crippen LogP contribution in [0.25, 0.3) is 28.0 Å². The summed E-state index contributed by atoms with van der Waals surface area (Å²) in [6.07, 6.45) is 12.0. The lowest BCUT2D eigenvalue weighted by Crippen LogP contribution is -2.21. The normalized spacial score (nSPS) is 14.7. The molecule has 3 aromatic heterocycles. The van der Waals surface area contributed by atoms with Crippen molar-refractivity contribution in [2.45, 2.75) is 51.5 Å². The van der Waals surface area contributed by atoms with Crippen molar-refractivity contribution in [3.05, 3.63) is 78.4 Å². The molecule has 5 rings (SSSR count). The topological polar surface area (TPSA) is 81.1 Å². The van der Waals surface area contributed by atoms with E-state index in [2.05, 4.69) is 40.5 Å². The number of pyridine rings is 1. The third kappa shape index (κ3) is 4.33. The molecule has 1 aliphatic carbocycles. The van der Waals surface area contributed by atoms with Crippen LogP contribution in [-0.4, -0.2) is 25.6 Å². The Labute approximate surface area is 194 Å². The summed E-state index contributed by atoms with van der Waals surface area (Å²) in [6.45, 7) is 4.21. The van der Waals surface area contributed by atoms with Gasteiger partial charge in [0.2, 0.25) is 0 Å². The predicted octanol–water partition coefficient (Wildman–Crippen LogP) is 5.36. The number of allylic oxidation sites excluding steroid dienone is 1. The quantitative estimate of drug-likeness (QED) is 0.387. The van der Waals surface area contributed by atoms with Crippen LogP contribution in [0.4, 0.5) is 5.82 Å². The third-order valence-electron chi connectivity index (χ3n) is 6.29. The first-order valence-electron chi connectivity index (χ1n) is 11.7. The van der Waals surface area contributed by atoms with Gasteiger partial charge in [0.15, 0.2) is 5.65 Å². The van der Waals surface area contributed by atoms with E-state index in [0.717, 1.165) is 52.4 Å². The van der Waals surface area contributed by atoms with Gasteiger partial charge in [0.25, 0.3) is 0 Å². The molecule has 6 nitrogen and oxygen atoms in total. The fourth-order valence-electron chi connectivity index (χ4n) is 4.32. The van der Waals surface area contributed by atoms with Gasteiger partial charge >= 0.3 is 0 Å². The van der Waals surface area contributed by atoms with Gasteiger partial charge in [-0.3, -0.25) is 4.98 Å². The van der Waals surface area contributed by atoms with E-state index in [1.165, 1.54) is 18.4 Å². The highest BCUT2D eigenvalue weighted by molar-refractivity contribution is 5.79. The summed E-state index contributed by atoms with van der Waals surface area (Å²) in [5.41, 5.74) is 13.7. The van der Waals surface area contributed by atoms with Crippen LogP contribution in [-0.2, 0) is 6.42 Å². The summed E-state index contributed by atoms with van der Waals surface area (Å²) in [7, 11) is 0. The third-order valence-corrected chi connectivity index (χ3v) is 6.29. The Bertz CT molecular complexity index is 1270. The molecule has 0 bridgehead atoms. The maximum atomic E-state index is 6.66. The maximum Gasteiger partial charge on any atom is 0.165 e. The number of aromatic nitrogens is 4. The molecule has 3 heterocycles. The van der Waals surface area contributed by atoms with E-state index >= 15 is 0 Å². The standard InChI is InChI=1S/C27H30N6/c1-3-15-29-18(2)9-13-24-25(20-10-11-20)26(28)33-27(32-24)22(17-31-33)21-12-14-23(30-16-21)19-7-5-4-6-8-19/h3-8,12,14-18,20,29H,9-11,13,28H2,1-2H3/b15-3-/t18-/m1/s1. The van der Waals surface area contributed by atoms with E-state index in [1.54, 1.807) is 4.52 Å². The number of rotatable bonds is 8. The lowest BCUT2D eigenvalue weighted by atomic mass is 10.0. The Hall–Kier alpha value is -3.67. The first-order chi connectivity index (χ1) is 16.2. The molecule has 0 spiro atoms. The summed E-state index contributed by atoms with van der Waals surface area (Å²) in [4.78, 5) is 9.80. The van der Waals surface area contributed by atoms with Crippen LogP contribution in [0.5, 0.6) is 0 Å². The Kier molecular flexibility index (Phi) is 5.82. The largest absolute Gasteiger partial charge is 0.389 e. The molecule has 0 unspecified atom stereocenters. The number of nitrogens with one attached hydrogen (secondary N) is 1. The predicted molar refractivity (Wildman–Crippen MR) is 134 cm³/mol. The van der Waals surface area contributed by atoms with Crippen LogP contribution >= 0.6 is 0 Å². The minimum Gasteiger partial charge on any atom is -0.389 e. The summed E-state index contributed by atoms with van der Waals surface area (Å²) in [5, 5.41) is 8.01. The van der Waals surface area contributed by atoms with Crippen molar-refractivity contribution in [3.63, 3.8) is 0 Å². The summed E-state index contributed by atoms with van der Waals surface area (Å²) in [5.74, 6) is 1.24. The smallest absolute Gasteiger partial charge is 0.165 e. The number of fused-ring (bicyclic) bond motifs is 1. The number of benzene rings is 1. The van der Waals surface area contributed by atoms with Crippen LogP contribution in [0, 0.1) is 0 Å². The van der Waals surface area contributed by atoms with Gasteiger partial charge in [-0.1, -0.05) is 42.5 Å². The van der Waals surface area contributed by atoms with Crippen molar-refractivity contribution in [2.75, 3.05) is 5.73 Å².